The predicted octanol–water partition coefficient (Wildman–Crippen LogP) is 2.80. The van der Waals surface area contributed by atoms with Crippen LogP contribution in [-0.2, 0) is 6.42 Å². The van der Waals surface area contributed by atoms with Gasteiger partial charge in [-0.25, -0.2) is 4.98 Å². The molecule has 0 radical (unpaired) electrons. The minimum absolute atomic E-state index is 0.00810. The molecular formula is C11H13ClN4O2. The summed E-state index contributed by atoms with van der Waals surface area (Å²) >= 11 is 6.06. The van der Waals surface area contributed by atoms with Crippen molar-refractivity contribution < 1.29 is 4.92 Å². The summed E-state index contributed by atoms with van der Waals surface area (Å²) in [6.45, 7) is 5.75. The fraction of sp³-hybridized carbons (Fsp3) is 0.455. The van der Waals surface area contributed by atoms with E-state index in [4.69, 9.17) is 11.6 Å². The van der Waals surface area contributed by atoms with Crippen molar-refractivity contribution in [3.05, 3.63) is 32.7 Å². The number of aromatic nitrogens is 3. The van der Waals surface area contributed by atoms with Crippen molar-refractivity contribution in [2.75, 3.05) is 0 Å². The molecule has 0 bridgehead atoms. The minimum Gasteiger partial charge on any atom is -0.258 e. The summed E-state index contributed by atoms with van der Waals surface area (Å²) in [7, 11) is 0. The lowest BCUT2D eigenvalue weighted by atomic mass is 10.1. The molecule has 0 aliphatic carbocycles. The first-order valence-corrected chi connectivity index (χ1v) is 5.97. The van der Waals surface area contributed by atoms with Crippen LogP contribution >= 0.6 is 11.6 Å². The molecule has 0 N–H and O–H groups in total. The zero-order valence-corrected chi connectivity index (χ0v) is 11.1. The van der Waals surface area contributed by atoms with Crippen LogP contribution < -0.4 is 0 Å². The summed E-state index contributed by atoms with van der Waals surface area (Å²) in [4.78, 5) is 14.9. The molecule has 2 rings (SSSR count). The van der Waals surface area contributed by atoms with E-state index < -0.39 is 4.92 Å². The molecule has 0 saturated heterocycles. The maximum Gasteiger partial charge on any atom is 0.327 e. The molecule has 2 aromatic rings. The maximum absolute atomic E-state index is 11.1. The Balaban J connectivity index is 2.74. The monoisotopic (exact) mass is 268 g/mol. The van der Waals surface area contributed by atoms with Crippen molar-refractivity contribution >= 4 is 22.9 Å². The van der Waals surface area contributed by atoms with Crippen LogP contribution in [0.2, 0.25) is 5.15 Å². The predicted molar refractivity (Wildman–Crippen MR) is 67.9 cm³/mol. The Kier molecular flexibility index (Phi) is 3.21. The summed E-state index contributed by atoms with van der Waals surface area (Å²) in [5.74, 6) is 0.263. The second-order valence-corrected chi connectivity index (χ2v) is 4.97. The lowest BCUT2D eigenvalue weighted by molar-refractivity contribution is -0.386. The highest BCUT2D eigenvalue weighted by atomic mass is 35.5. The molecule has 6 nitrogen and oxygen atoms in total. The van der Waals surface area contributed by atoms with E-state index in [2.05, 4.69) is 10.1 Å². The van der Waals surface area contributed by atoms with Gasteiger partial charge in [-0.2, -0.15) is 9.61 Å². The number of rotatable bonds is 3. The fourth-order valence-corrected chi connectivity index (χ4v) is 2.13. The Labute approximate surface area is 109 Å². The van der Waals surface area contributed by atoms with Crippen molar-refractivity contribution in [1.29, 1.82) is 0 Å². The third kappa shape index (κ3) is 2.15. The fourth-order valence-electron chi connectivity index (χ4n) is 1.83. The number of aryl methyl sites for hydroxylation is 1. The van der Waals surface area contributed by atoms with E-state index in [1.807, 2.05) is 13.8 Å². The Hall–Kier alpha value is -1.69. The first-order valence-electron chi connectivity index (χ1n) is 5.59. The number of fused-ring (bicyclic) bond motifs is 1. The SMILES string of the molecule is Cc1cc2nc(CC(C)C)c([N+](=O)[O-])c(Cl)n2n1. The first kappa shape index (κ1) is 12.8. The summed E-state index contributed by atoms with van der Waals surface area (Å²) in [6.07, 6.45) is 0.511. The molecule has 0 spiro atoms. The maximum atomic E-state index is 11.1. The van der Waals surface area contributed by atoms with Gasteiger partial charge in [0.05, 0.1) is 10.6 Å². The lowest BCUT2D eigenvalue weighted by Crippen LogP contribution is -2.07. The molecule has 0 saturated carbocycles. The van der Waals surface area contributed by atoms with Crippen molar-refractivity contribution in [3.8, 4) is 0 Å². The van der Waals surface area contributed by atoms with Gasteiger partial charge in [-0.3, -0.25) is 10.1 Å². The molecule has 96 valence electrons. The van der Waals surface area contributed by atoms with Crippen LogP contribution in [0.3, 0.4) is 0 Å². The lowest BCUT2D eigenvalue weighted by Gasteiger charge is -2.07. The Morgan fingerprint density at radius 2 is 2.22 bits per heavy atom. The van der Waals surface area contributed by atoms with E-state index in [0.29, 0.717) is 17.8 Å². The van der Waals surface area contributed by atoms with Crippen LogP contribution in [0.25, 0.3) is 5.65 Å². The second-order valence-electron chi connectivity index (χ2n) is 4.61. The molecule has 0 aromatic carbocycles. The van der Waals surface area contributed by atoms with Gasteiger partial charge in [0.1, 0.15) is 5.69 Å². The molecule has 18 heavy (non-hydrogen) atoms. The third-order valence-electron chi connectivity index (χ3n) is 2.50. The van der Waals surface area contributed by atoms with Crippen LogP contribution in [-0.4, -0.2) is 19.5 Å². The number of halogens is 1. The molecule has 0 fully saturated rings. The molecule has 0 aliphatic heterocycles. The quantitative estimate of drug-likeness (QED) is 0.487. The molecular weight excluding hydrogens is 256 g/mol. The summed E-state index contributed by atoms with van der Waals surface area (Å²) < 4.78 is 1.30. The summed E-state index contributed by atoms with van der Waals surface area (Å²) in [5, 5.41) is 15.2. The minimum atomic E-state index is -0.497. The van der Waals surface area contributed by atoms with Crippen molar-refractivity contribution in [3.63, 3.8) is 0 Å². The molecule has 2 heterocycles. The average molecular weight is 269 g/mol. The van der Waals surface area contributed by atoms with Crippen LogP contribution in [0.1, 0.15) is 25.2 Å². The van der Waals surface area contributed by atoms with Gasteiger partial charge in [-0.15, -0.1) is 0 Å². The zero-order chi connectivity index (χ0) is 13.4. The average Bonchev–Trinajstić information content (AvgIpc) is 2.57. The zero-order valence-electron chi connectivity index (χ0n) is 10.3. The third-order valence-corrected chi connectivity index (χ3v) is 2.84. The number of nitro groups is 1. The van der Waals surface area contributed by atoms with E-state index in [9.17, 15) is 10.1 Å². The number of hydrogen-bond acceptors (Lipinski definition) is 4. The first-order chi connectivity index (χ1) is 8.40. The number of nitrogens with zero attached hydrogens (tertiary/aromatic N) is 4. The van der Waals surface area contributed by atoms with Crippen LogP contribution in [0.15, 0.2) is 6.07 Å². The van der Waals surface area contributed by atoms with E-state index >= 15 is 0 Å². The smallest absolute Gasteiger partial charge is 0.258 e. The molecule has 0 aliphatic rings. The normalized spacial score (nSPS) is 11.4. The van der Waals surface area contributed by atoms with E-state index in [0.717, 1.165) is 5.69 Å². The van der Waals surface area contributed by atoms with Crippen molar-refractivity contribution in [2.24, 2.45) is 5.92 Å². The van der Waals surface area contributed by atoms with E-state index in [1.54, 1.807) is 13.0 Å². The van der Waals surface area contributed by atoms with Crippen LogP contribution in [0.5, 0.6) is 0 Å². The van der Waals surface area contributed by atoms with Gasteiger partial charge < -0.3 is 0 Å². The highest BCUT2D eigenvalue weighted by molar-refractivity contribution is 6.31. The van der Waals surface area contributed by atoms with Gasteiger partial charge in [-0.1, -0.05) is 25.4 Å². The standard InChI is InChI=1S/C11H13ClN4O2/c1-6(2)4-8-10(16(17)18)11(12)15-9(13-8)5-7(3)14-15/h5-6H,4H2,1-3H3. The molecule has 0 unspecified atom stereocenters. The highest BCUT2D eigenvalue weighted by Crippen LogP contribution is 2.29. The van der Waals surface area contributed by atoms with Crippen molar-refractivity contribution in [1.82, 2.24) is 14.6 Å². The Morgan fingerprint density at radius 3 is 2.78 bits per heavy atom. The summed E-state index contributed by atoms with van der Waals surface area (Å²) in [5.41, 5.74) is 1.52. The van der Waals surface area contributed by atoms with E-state index in [-0.39, 0.29) is 16.8 Å². The molecule has 0 atom stereocenters. The van der Waals surface area contributed by atoms with E-state index in [1.165, 1.54) is 4.52 Å². The summed E-state index contributed by atoms with van der Waals surface area (Å²) in [6, 6.07) is 1.75. The van der Waals surface area contributed by atoms with Gasteiger partial charge in [0.15, 0.2) is 5.65 Å². The van der Waals surface area contributed by atoms with Gasteiger partial charge >= 0.3 is 5.69 Å². The Bertz CT molecular complexity index is 621. The molecule has 2 aromatic heterocycles. The molecule has 0 amide bonds. The second kappa shape index (κ2) is 4.53. The van der Waals surface area contributed by atoms with Gasteiger partial charge in [0, 0.05) is 6.07 Å². The van der Waals surface area contributed by atoms with Crippen LogP contribution in [0.4, 0.5) is 5.69 Å². The molecule has 7 heteroatoms. The number of hydrogen-bond donors (Lipinski definition) is 0. The van der Waals surface area contributed by atoms with Gasteiger partial charge in [-0.05, 0) is 19.3 Å². The largest absolute Gasteiger partial charge is 0.327 e. The topological polar surface area (TPSA) is 73.3 Å². The Morgan fingerprint density at radius 1 is 1.56 bits per heavy atom. The highest BCUT2D eigenvalue weighted by Gasteiger charge is 2.25. The van der Waals surface area contributed by atoms with Crippen molar-refractivity contribution in [2.45, 2.75) is 27.2 Å². The van der Waals surface area contributed by atoms with Gasteiger partial charge in [0.25, 0.3) is 0 Å². The van der Waals surface area contributed by atoms with Gasteiger partial charge in [0.2, 0.25) is 5.15 Å². The van der Waals surface area contributed by atoms with Crippen LogP contribution in [0, 0.1) is 23.0 Å².